The van der Waals surface area contributed by atoms with E-state index in [9.17, 15) is 4.79 Å². The van der Waals surface area contributed by atoms with Crippen molar-refractivity contribution in [1.82, 2.24) is 25.0 Å². The lowest BCUT2D eigenvalue weighted by atomic mass is 10.1. The van der Waals surface area contributed by atoms with E-state index in [1.54, 1.807) is 30.6 Å². The molecule has 0 radical (unpaired) electrons. The zero-order chi connectivity index (χ0) is 23.5. The van der Waals surface area contributed by atoms with Gasteiger partial charge in [0.1, 0.15) is 6.33 Å². The third kappa shape index (κ3) is 4.60. The lowest BCUT2D eigenvalue weighted by Gasteiger charge is -2.07. The van der Waals surface area contributed by atoms with Crippen LogP contribution in [0.15, 0.2) is 93.6 Å². The van der Waals surface area contributed by atoms with Crippen molar-refractivity contribution in [2.45, 2.75) is 17.0 Å². The second-order valence-corrected chi connectivity index (χ2v) is 8.65. The highest BCUT2D eigenvalue weighted by Crippen LogP contribution is 2.28. The maximum Gasteiger partial charge on any atom is 0.255 e. The number of nitrogens with zero attached hydrogens (tertiary/aromatic N) is 5. The summed E-state index contributed by atoms with van der Waals surface area (Å²) in [6, 6.07) is 22.5. The molecule has 34 heavy (non-hydrogen) atoms. The number of hydrogen-bond donors (Lipinski definition) is 1. The number of hydrogen-bond acceptors (Lipinski definition) is 7. The van der Waals surface area contributed by atoms with E-state index in [2.05, 4.69) is 25.7 Å². The highest BCUT2D eigenvalue weighted by atomic mass is 32.2. The van der Waals surface area contributed by atoms with Crippen LogP contribution in [-0.2, 0) is 7.05 Å². The van der Waals surface area contributed by atoms with Gasteiger partial charge in [0.05, 0.1) is 0 Å². The van der Waals surface area contributed by atoms with E-state index in [0.717, 1.165) is 26.7 Å². The SMILES string of the molecule is Cc1ccccc1-c1nnc(-c2ccc(C(=O)Nc3ccc(Sc4nncn4C)cc3)cc2)o1. The van der Waals surface area contributed by atoms with E-state index in [1.165, 1.54) is 11.8 Å². The number of carbonyl (C=O) groups is 1. The van der Waals surface area contributed by atoms with Crippen LogP contribution in [0.25, 0.3) is 22.9 Å². The van der Waals surface area contributed by atoms with Gasteiger partial charge in [0.15, 0.2) is 5.16 Å². The molecule has 0 saturated carbocycles. The van der Waals surface area contributed by atoms with Crippen molar-refractivity contribution >= 4 is 23.4 Å². The first kappa shape index (κ1) is 21.6. The van der Waals surface area contributed by atoms with E-state index in [0.29, 0.717) is 23.0 Å². The van der Waals surface area contributed by atoms with Gasteiger partial charge in [0, 0.05) is 34.3 Å². The van der Waals surface area contributed by atoms with Crippen LogP contribution in [-0.4, -0.2) is 30.9 Å². The predicted molar refractivity (Wildman–Crippen MR) is 129 cm³/mol. The number of aryl methyl sites for hydroxylation is 2. The predicted octanol–water partition coefficient (Wildman–Crippen LogP) is 5.24. The summed E-state index contributed by atoms with van der Waals surface area (Å²) >= 11 is 1.50. The van der Waals surface area contributed by atoms with E-state index < -0.39 is 0 Å². The van der Waals surface area contributed by atoms with Crippen LogP contribution in [0.3, 0.4) is 0 Å². The van der Waals surface area contributed by atoms with Crippen molar-refractivity contribution in [2.24, 2.45) is 7.05 Å². The molecule has 1 amide bonds. The van der Waals surface area contributed by atoms with Crippen LogP contribution in [0.1, 0.15) is 15.9 Å². The Morgan fingerprint density at radius 1 is 0.912 bits per heavy atom. The average molecular weight is 469 g/mol. The number of benzene rings is 3. The highest BCUT2D eigenvalue weighted by molar-refractivity contribution is 7.99. The minimum absolute atomic E-state index is 0.202. The molecule has 0 aliphatic heterocycles. The summed E-state index contributed by atoms with van der Waals surface area (Å²) in [5, 5.41) is 20.0. The molecule has 0 spiro atoms. The normalized spacial score (nSPS) is 10.9. The van der Waals surface area contributed by atoms with Gasteiger partial charge in [-0.3, -0.25) is 4.79 Å². The Bertz CT molecular complexity index is 1440. The Morgan fingerprint density at radius 3 is 2.35 bits per heavy atom. The molecular formula is C25H20N6O2S. The molecule has 168 valence electrons. The van der Waals surface area contributed by atoms with Crippen molar-refractivity contribution in [2.75, 3.05) is 5.32 Å². The lowest BCUT2D eigenvalue weighted by molar-refractivity contribution is 0.102. The average Bonchev–Trinajstić information content (AvgIpc) is 3.50. The largest absolute Gasteiger partial charge is 0.416 e. The summed E-state index contributed by atoms with van der Waals surface area (Å²) in [6.07, 6.45) is 1.66. The van der Waals surface area contributed by atoms with E-state index in [4.69, 9.17) is 4.42 Å². The Kier molecular flexibility index (Phi) is 5.92. The molecule has 3 aromatic carbocycles. The molecule has 9 heteroatoms. The van der Waals surface area contributed by atoms with E-state index in [1.807, 2.05) is 67.1 Å². The maximum absolute atomic E-state index is 12.7. The molecular weight excluding hydrogens is 448 g/mol. The topological polar surface area (TPSA) is 98.7 Å². The van der Waals surface area contributed by atoms with Crippen molar-refractivity contribution in [3.63, 3.8) is 0 Å². The van der Waals surface area contributed by atoms with E-state index in [-0.39, 0.29) is 5.91 Å². The van der Waals surface area contributed by atoms with Gasteiger partial charge in [-0.2, -0.15) is 0 Å². The van der Waals surface area contributed by atoms with Crippen LogP contribution in [0.4, 0.5) is 5.69 Å². The lowest BCUT2D eigenvalue weighted by Crippen LogP contribution is -2.11. The number of carbonyl (C=O) groups excluding carboxylic acids is 1. The smallest absolute Gasteiger partial charge is 0.255 e. The second-order valence-electron chi connectivity index (χ2n) is 7.61. The van der Waals surface area contributed by atoms with Crippen LogP contribution in [0.5, 0.6) is 0 Å². The quantitative estimate of drug-likeness (QED) is 0.364. The summed E-state index contributed by atoms with van der Waals surface area (Å²) < 4.78 is 7.70. The molecule has 0 aliphatic rings. The second kappa shape index (κ2) is 9.32. The monoisotopic (exact) mass is 468 g/mol. The fourth-order valence-electron chi connectivity index (χ4n) is 3.31. The zero-order valence-corrected chi connectivity index (χ0v) is 19.3. The van der Waals surface area contributed by atoms with Crippen LogP contribution >= 0.6 is 11.8 Å². The molecule has 2 heterocycles. The van der Waals surface area contributed by atoms with Gasteiger partial charge in [-0.15, -0.1) is 20.4 Å². The fraction of sp³-hybridized carbons (Fsp3) is 0.0800. The Morgan fingerprint density at radius 2 is 1.65 bits per heavy atom. The van der Waals surface area contributed by atoms with E-state index >= 15 is 0 Å². The Balaban J connectivity index is 1.24. The van der Waals surface area contributed by atoms with Crippen LogP contribution in [0.2, 0.25) is 0 Å². The minimum atomic E-state index is -0.202. The summed E-state index contributed by atoms with van der Waals surface area (Å²) in [5.41, 5.74) is 3.94. The Hall–Kier alpha value is -4.24. The van der Waals surface area contributed by atoms with Crippen LogP contribution < -0.4 is 5.32 Å². The van der Waals surface area contributed by atoms with Crippen LogP contribution in [0, 0.1) is 6.92 Å². The molecule has 0 unspecified atom stereocenters. The summed E-state index contributed by atoms with van der Waals surface area (Å²) in [4.78, 5) is 13.7. The standard InChI is InChI=1S/C25H20N6O2S/c1-16-5-3-4-6-21(16)24-29-28-23(33-24)18-9-7-17(8-10-18)22(32)27-19-11-13-20(14-12-19)34-25-30-26-15-31(25)2/h3-15H,1-2H3,(H,27,32). The summed E-state index contributed by atoms with van der Waals surface area (Å²) in [6.45, 7) is 2.00. The maximum atomic E-state index is 12.7. The first-order valence-corrected chi connectivity index (χ1v) is 11.3. The molecule has 0 fully saturated rings. The van der Waals surface area contributed by atoms with Crippen molar-refractivity contribution in [3.8, 4) is 22.9 Å². The molecule has 8 nitrogen and oxygen atoms in total. The molecule has 1 N–H and O–H groups in total. The van der Waals surface area contributed by atoms with Gasteiger partial charge >= 0.3 is 0 Å². The number of rotatable bonds is 6. The number of anilines is 1. The van der Waals surface area contributed by atoms with Gasteiger partial charge in [0.25, 0.3) is 5.91 Å². The molecule has 2 aromatic heterocycles. The minimum Gasteiger partial charge on any atom is -0.416 e. The highest BCUT2D eigenvalue weighted by Gasteiger charge is 2.13. The molecule has 0 atom stereocenters. The Labute approximate surface area is 200 Å². The first-order chi connectivity index (χ1) is 16.6. The number of aromatic nitrogens is 5. The third-order valence-electron chi connectivity index (χ3n) is 5.19. The summed E-state index contributed by atoms with van der Waals surface area (Å²) in [7, 11) is 1.89. The zero-order valence-electron chi connectivity index (χ0n) is 18.5. The van der Waals surface area contributed by atoms with Gasteiger partial charge in [-0.05, 0) is 78.8 Å². The molecule has 0 bridgehead atoms. The molecule has 5 rings (SSSR count). The molecule has 5 aromatic rings. The van der Waals surface area contributed by atoms with Gasteiger partial charge < -0.3 is 14.3 Å². The van der Waals surface area contributed by atoms with Gasteiger partial charge in [-0.25, -0.2) is 0 Å². The van der Waals surface area contributed by atoms with Gasteiger partial charge in [0.2, 0.25) is 11.8 Å². The number of amides is 1. The molecule has 0 aliphatic carbocycles. The summed E-state index contributed by atoms with van der Waals surface area (Å²) in [5.74, 6) is 0.670. The molecule has 0 saturated heterocycles. The van der Waals surface area contributed by atoms with Gasteiger partial charge in [-0.1, -0.05) is 18.2 Å². The fourth-order valence-corrected chi connectivity index (χ4v) is 4.07. The van der Waals surface area contributed by atoms with Crippen molar-refractivity contribution in [1.29, 1.82) is 0 Å². The van der Waals surface area contributed by atoms with Crippen molar-refractivity contribution < 1.29 is 9.21 Å². The number of nitrogens with one attached hydrogen (secondary N) is 1. The first-order valence-electron chi connectivity index (χ1n) is 10.5. The third-order valence-corrected chi connectivity index (χ3v) is 6.25. The van der Waals surface area contributed by atoms with Crippen molar-refractivity contribution in [3.05, 3.63) is 90.3 Å².